The molecule has 0 radical (unpaired) electrons. The SMILES string of the molecule is CCCCC/C=C/C/C=C/CCCCCCCC(=O)[O-].CCCCC/C=C/C/C=C/CCCCCCCC(=O)[O-].[Fe+2]. The first-order valence-electron chi connectivity index (χ1n) is 16.5. The molecule has 0 atom stereocenters. The third-order valence-electron chi connectivity index (χ3n) is 6.66. The van der Waals surface area contributed by atoms with E-state index in [1.807, 2.05) is 0 Å². The van der Waals surface area contributed by atoms with Crippen LogP contribution in [0.1, 0.15) is 168 Å². The maximum absolute atomic E-state index is 10.2. The molecule has 0 aromatic rings. The van der Waals surface area contributed by atoms with E-state index in [0.29, 0.717) is 0 Å². The van der Waals surface area contributed by atoms with Gasteiger partial charge in [-0.1, -0.05) is 127 Å². The molecule has 0 aliphatic carbocycles. The van der Waals surface area contributed by atoms with Gasteiger partial charge in [0.1, 0.15) is 0 Å². The number of aliphatic carboxylic acids is 2. The van der Waals surface area contributed by atoms with E-state index < -0.39 is 11.9 Å². The number of carbonyl (C=O) groups excluding carboxylic acids is 2. The molecule has 0 aromatic carbocycles. The van der Waals surface area contributed by atoms with Crippen LogP contribution in [-0.2, 0) is 26.7 Å². The molecule has 0 amide bonds. The van der Waals surface area contributed by atoms with Crippen molar-refractivity contribution in [3.8, 4) is 0 Å². The zero-order valence-electron chi connectivity index (χ0n) is 26.6. The number of hydrogen-bond donors (Lipinski definition) is 0. The fraction of sp³-hybridized carbons (Fsp3) is 0.722. The Balaban J connectivity index is -0.000000688. The van der Waals surface area contributed by atoms with E-state index in [-0.39, 0.29) is 29.9 Å². The van der Waals surface area contributed by atoms with E-state index in [2.05, 4.69) is 62.5 Å². The number of carboxylic acids is 2. The summed E-state index contributed by atoms with van der Waals surface area (Å²) in [6.45, 7) is 4.46. The van der Waals surface area contributed by atoms with Crippen molar-refractivity contribution < 1.29 is 36.9 Å². The average Bonchev–Trinajstić information content (AvgIpc) is 2.93. The number of unbranched alkanes of at least 4 members (excludes halogenated alkanes) is 16. The Bertz CT molecular complexity index is 596. The standard InChI is InChI=1S/2C18H32O2.Fe/c2*1-2-3-4-5-6-7-8-9-10-11-12-13-14-15-16-17-18(19)20;/h2*6-7,9-10H,2-5,8,11-17H2,1H3,(H,19,20);/q;;+2/p-2/b2*7-6+,10-9+;. The first-order valence-corrected chi connectivity index (χ1v) is 16.5. The molecule has 5 heteroatoms. The normalized spacial score (nSPS) is 11.4. The summed E-state index contributed by atoms with van der Waals surface area (Å²) in [6, 6.07) is 0. The Hall–Kier alpha value is -1.58. The molecule has 4 nitrogen and oxygen atoms in total. The Morgan fingerprint density at radius 3 is 0.976 bits per heavy atom. The van der Waals surface area contributed by atoms with Gasteiger partial charge >= 0.3 is 17.1 Å². The molecule has 41 heavy (non-hydrogen) atoms. The summed E-state index contributed by atoms with van der Waals surface area (Å²) in [4.78, 5) is 20.4. The van der Waals surface area contributed by atoms with E-state index in [9.17, 15) is 19.8 Å². The van der Waals surface area contributed by atoms with E-state index in [0.717, 1.165) is 64.2 Å². The smallest absolute Gasteiger partial charge is 0.550 e. The van der Waals surface area contributed by atoms with E-state index in [1.54, 1.807) is 0 Å². The number of carboxylic acid groups (broad SMARTS) is 2. The van der Waals surface area contributed by atoms with Crippen LogP contribution in [0.25, 0.3) is 0 Å². The van der Waals surface area contributed by atoms with Crippen molar-refractivity contribution in [2.24, 2.45) is 0 Å². The summed E-state index contributed by atoms with van der Waals surface area (Å²) >= 11 is 0. The van der Waals surface area contributed by atoms with Gasteiger partial charge in [-0.2, -0.15) is 0 Å². The maximum Gasteiger partial charge on any atom is 2.00 e. The fourth-order valence-electron chi connectivity index (χ4n) is 4.16. The van der Waals surface area contributed by atoms with Crippen LogP contribution in [-0.4, -0.2) is 11.9 Å². The summed E-state index contributed by atoms with van der Waals surface area (Å²) < 4.78 is 0. The van der Waals surface area contributed by atoms with Gasteiger partial charge in [0.25, 0.3) is 0 Å². The van der Waals surface area contributed by atoms with Crippen molar-refractivity contribution in [2.75, 3.05) is 0 Å². The van der Waals surface area contributed by atoms with Gasteiger partial charge in [-0.25, -0.2) is 0 Å². The van der Waals surface area contributed by atoms with Gasteiger partial charge in [-0.05, 0) is 89.9 Å². The van der Waals surface area contributed by atoms with Gasteiger partial charge in [0.2, 0.25) is 0 Å². The molecule has 0 N–H and O–H groups in total. The summed E-state index contributed by atoms with van der Waals surface area (Å²) in [5.41, 5.74) is 0. The van der Waals surface area contributed by atoms with Crippen molar-refractivity contribution in [1.82, 2.24) is 0 Å². The average molecular weight is 615 g/mol. The minimum absolute atomic E-state index is 0. The maximum atomic E-state index is 10.2. The Labute approximate surface area is 264 Å². The van der Waals surface area contributed by atoms with Gasteiger partial charge in [0, 0.05) is 11.9 Å². The number of carbonyl (C=O) groups is 2. The number of allylic oxidation sites excluding steroid dienone is 8. The van der Waals surface area contributed by atoms with Crippen molar-refractivity contribution in [1.29, 1.82) is 0 Å². The second kappa shape index (κ2) is 40.6. The van der Waals surface area contributed by atoms with Crippen LogP contribution in [0.15, 0.2) is 48.6 Å². The van der Waals surface area contributed by atoms with E-state index in [1.165, 1.54) is 77.0 Å². The summed E-state index contributed by atoms with van der Waals surface area (Å²) in [7, 11) is 0. The quantitative estimate of drug-likeness (QED) is 0.0500. The van der Waals surface area contributed by atoms with Crippen molar-refractivity contribution in [3.63, 3.8) is 0 Å². The Kier molecular flexibility index (Phi) is 43.4. The van der Waals surface area contributed by atoms with Crippen LogP contribution in [0, 0.1) is 0 Å². The first kappa shape index (κ1) is 43.9. The topological polar surface area (TPSA) is 80.3 Å². The van der Waals surface area contributed by atoms with Gasteiger partial charge in [-0.3, -0.25) is 0 Å². The van der Waals surface area contributed by atoms with Crippen molar-refractivity contribution >= 4 is 11.9 Å². The first-order chi connectivity index (χ1) is 19.5. The fourth-order valence-corrected chi connectivity index (χ4v) is 4.16. The van der Waals surface area contributed by atoms with Gasteiger partial charge in [0.05, 0.1) is 0 Å². The summed E-state index contributed by atoms with van der Waals surface area (Å²) in [5, 5.41) is 20.4. The van der Waals surface area contributed by atoms with Crippen LogP contribution in [0.4, 0.5) is 0 Å². The zero-order valence-corrected chi connectivity index (χ0v) is 27.7. The largest absolute Gasteiger partial charge is 2.00 e. The molecular weight excluding hydrogens is 552 g/mol. The summed E-state index contributed by atoms with van der Waals surface area (Å²) in [6.07, 6.45) is 43.9. The molecule has 0 saturated heterocycles. The minimum Gasteiger partial charge on any atom is -0.550 e. The Morgan fingerprint density at radius 2 is 0.683 bits per heavy atom. The monoisotopic (exact) mass is 614 g/mol. The molecule has 0 aliphatic heterocycles. The predicted octanol–water partition coefficient (Wildman–Crippen LogP) is 9.10. The molecule has 0 aliphatic rings. The van der Waals surface area contributed by atoms with Crippen LogP contribution in [0.3, 0.4) is 0 Å². The van der Waals surface area contributed by atoms with E-state index >= 15 is 0 Å². The number of rotatable bonds is 28. The second-order valence-corrected chi connectivity index (χ2v) is 10.7. The van der Waals surface area contributed by atoms with Crippen molar-refractivity contribution in [2.45, 2.75) is 168 Å². The van der Waals surface area contributed by atoms with Crippen LogP contribution < -0.4 is 10.2 Å². The third-order valence-corrected chi connectivity index (χ3v) is 6.66. The molecule has 0 fully saturated rings. The Morgan fingerprint density at radius 1 is 0.415 bits per heavy atom. The molecule has 0 bridgehead atoms. The third kappa shape index (κ3) is 48.5. The minimum atomic E-state index is -0.921. The molecule has 0 unspecified atom stereocenters. The molecule has 0 heterocycles. The van der Waals surface area contributed by atoms with Crippen LogP contribution in [0.2, 0.25) is 0 Å². The molecule has 0 aromatic heterocycles. The molecular formula is C36H62FeO4. The van der Waals surface area contributed by atoms with E-state index in [4.69, 9.17) is 0 Å². The summed E-state index contributed by atoms with van der Waals surface area (Å²) in [5.74, 6) is -1.84. The predicted molar refractivity (Wildman–Crippen MR) is 169 cm³/mol. The second-order valence-electron chi connectivity index (χ2n) is 10.7. The van der Waals surface area contributed by atoms with Crippen molar-refractivity contribution in [3.05, 3.63) is 48.6 Å². The molecule has 0 spiro atoms. The molecule has 0 rings (SSSR count). The number of hydrogen-bond acceptors (Lipinski definition) is 4. The van der Waals surface area contributed by atoms with Crippen LogP contribution >= 0.6 is 0 Å². The zero-order chi connectivity index (χ0) is 29.8. The van der Waals surface area contributed by atoms with Gasteiger partial charge in [0.15, 0.2) is 0 Å². The van der Waals surface area contributed by atoms with Gasteiger partial charge in [-0.15, -0.1) is 0 Å². The van der Waals surface area contributed by atoms with Gasteiger partial charge < -0.3 is 19.8 Å². The molecule has 238 valence electrons. The van der Waals surface area contributed by atoms with Crippen LogP contribution in [0.5, 0.6) is 0 Å². The molecule has 0 saturated carbocycles.